The largest absolute Gasteiger partial charge is 0.507 e. The van der Waals surface area contributed by atoms with Crippen LogP contribution in [0.15, 0.2) is 70.9 Å². The number of aliphatic hydroxyl groups excluding tert-OH is 1. The van der Waals surface area contributed by atoms with Gasteiger partial charge in [-0.2, -0.15) is 0 Å². The maximum absolute atomic E-state index is 14.4. The number of Topliss-reactive ketones (excluding diaryl/α,β-unsaturated/α-hetero) is 1. The molecule has 1 amide bonds. The predicted octanol–water partition coefficient (Wildman–Crippen LogP) is 5.62. The minimum Gasteiger partial charge on any atom is -0.507 e. The number of nitrogens with zero attached hydrogens (tertiary/aromatic N) is 1. The number of carbonyl (C=O) groups excluding carboxylic acids is 2. The van der Waals surface area contributed by atoms with E-state index in [9.17, 15) is 19.1 Å². The number of halogens is 1. The van der Waals surface area contributed by atoms with Crippen molar-refractivity contribution in [2.75, 3.05) is 13.7 Å². The number of ether oxygens (including phenoxy) is 2. The maximum Gasteiger partial charge on any atom is 0.296 e. The second-order valence-corrected chi connectivity index (χ2v) is 8.48. The SMILES string of the molecule is CCCCCOc1ccc(C2/C(=C(/O)c3ccc(OC)c(F)c3)C(=O)C(=O)N2Cc2ccco2)cc1. The molecule has 1 N–H and O–H groups in total. The molecule has 1 saturated heterocycles. The number of furan rings is 1. The molecular formula is C28H28FNO6. The Labute approximate surface area is 208 Å². The van der Waals surface area contributed by atoms with Crippen LogP contribution in [0, 0.1) is 5.82 Å². The lowest BCUT2D eigenvalue weighted by Crippen LogP contribution is -2.29. The summed E-state index contributed by atoms with van der Waals surface area (Å²) in [5.74, 6) is -1.68. The normalized spacial score (nSPS) is 17.0. The molecular weight excluding hydrogens is 465 g/mol. The fraction of sp³-hybridized carbons (Fsp3) is 0.286. The van der Waals surface area contributed by atoms with Gasteiger partial charge in [0.25, 0.3) is 11.7 Å². The van der Waals surface area contributed by atoms with Crippen molar-refractivity contribution in [2.45, 2.75) is 38.8 Å². The second-order valence-electron chi connectivity index (χ2n) is 8.48. The lowest BCUT2D eigenvalue weighted by Gasteiger charge is -2.24. The number of unbranched alkanes of at least 4 members (excludes halogenated alkanes) is 2. The van der Waals surface area contributed by atoms with E-state index in [4.69, 9.17) is 13.9 Å². The summed E-state index contributed by atoms with van der Waals surface area (Å²) in [4.78, 5) is 27.5. The molecule has 36 heavy (non-hydrogen) atoms. The molecule has 1 aromatic heterocycles. The number of benzene rings is 2. The van der Waals surface area contributed by atoms with Crippen LogP contribution in [0.3, 0.4) is 0 Å². The summed E-state index contributed by atoms with van der Waals surface area (Å²) in [7, 11) is 1.33. The van der Waals surface area contributed by atoms with Gasteiger partial charge in [-0.25, -0.2) is 4.39 Å². The Morgan fingerprint density at radius 3 is 2.53 bits per heavy atom. The summed E-state index contributed by atoms with van der Waals surface area (Å²) >= 11 is 0. The maximum atomic E-state index is 14.4. The van der Waals surface area contributed by atoms with Crippen LogP contribution in [0.25, 0.3) is 5.76 Å². The van der Waals surface area contributed by atoms with Crippen LogP contribution in [0.1, 0.15) is 49.1 Å². The molecule has 1 aliphatic rings. The quantitative estimate of drug-likeness (QED) is 0.171. The molecule has 0 saturated carbocycles. The van der Waals surface area contributed by atoms with E-state index in [0.717, 1.165) is 25.3 Å². The van der Waals surface area contributed by atoms with E-state index in [1.165, 1.54) is 30.4 Å². The van der Waals surface area contributed by atoms with Gasteiger partial charge in [0.2, 0.25) is 0 Å². The fourth-order valence-electron chi connectivity index (χ4n) is 4.22. The van der Waals surface area contributed by atoms with Crippen molar-refractivity contribution in [3.8, 4) is 11.5 Å². The first-order valence-electron chi connectivity index (χ1n) is 11.8. The van der Waals surface area contributed by atoms with Gasteiger partial charge in [-0.1, -0.05) is 31.9 Å². The van der Waals surface area contributed by atoms with E-state index >= 15 is 0 Å². The van der Waals surface area contributed by atoms with Crippen LogP contribution in [0.2, 0.25) is 0 Å². The first-order chi connectivity index (χ1) is 17.4. The van der Waals surface area contributed by atoms with Crippen molar-refractivity contribution in [3.05, 3.63) is 89.1 Å². The van der Waals surface area contributed by atoms with E-state index < -0.39 is 29.3 Å². The number of ketones is 1. The summed E-state index contributed by atoms with van der Waals surface area (Å²) in [5, 5.41) is 11.1. The van der Waals surface area contributed by atoms with Gasteiger partial charge in [-0.05, 0) is 54.4 Å². The minimum atomic E-state index is -0.908. The van der Waals surface area contributed by atoms with Crippen LogP contribution in [0.4, 0.5) is 4.39 Å². The van der Waals surface area contributed by atoms with Gasteiger partial charge in [-0.15, -0.1) is 0 Å². The smallest absolute Gasteiger partial charge is 0.296 e. The van der Waals surface area contributed by atoms with E-state index in [1.54, 1.807) is 36.4 Å². The lowest BCUT2D eigenvalue weighted by molar-refractivity contribution is -0.140. The molecule has 188 valence electrons. The highest BCUT2D eigenvalue weighted by Crippen LogP contribution is 2.41. The summed E-state index contributed by atoms with van der Waals surface area (Å²) in [6.45, 7) is 2.73. The Kier molecular flexibility index (Phi) is 7.73. The van der Waals surface area contributed by atoms with Crippen molar-refractivity contribution < 1.29 is 33.0 Å². The van der Waals surface area contributed by atoms with Crippen LogP contribution >= 0.6 is 0 Å². The fourth-order valence-corrected chi connectivity index (χ4v) is 4.22. The number of likely N-dealkylation sites (tertiary alicyclic amines) is 1. The average Bonchev–Trinajstić information content (AvgIpc) is 3.49. The highest BCUT2D eigenvalue weighted by molar-refractivity contribution is 6.46. The molecule has 0 bridgehead atoms. The van der Waals surface area contributed by atoms with Gasteiger partial charge in [0, 0.05) is 5.56 Å². The molecule has 1 unspecified atom stereocenters. The average molecular weight is 494 g/mol. The van der Waals surface area contributed by atoms with Crippen LogP contribution in [-0.2, 0) is 16.1 Å². The molecule has 0 aliphatic carbocycles. The van der Waals surface area contributed by atoms with Crippen LogP contribution in [0.5, 0.6) is 11.5 Å². The number of carbonyl (C=O) groups is 2. The summed E-state index contributed by atoms with van der Waals surface area (Å²) in [6.07, 6.45) is 4.59. The zero-order chi connectivity index (χ0) is 25.7. The molecule has 3 aromatic rings. The third-order valence-corrected chi connectivity index (χ3v) is 6.08. The van der Waals surface area contributed by atoms with E-state index in [-0.39, 0.29) is 23.4 Å². The topological polar surface area (TPSA) is 89.2 Å². The molecule has 2 heterocycles. The Morgan fingerprint density at radius 2 is 1.89 bits per heavy atom. The third-order valence-electron chi connectivity index (χ3n) is 6.08. The molecule has 1 aliphatic heterocycles. The monoisotopic (exact) mass is 493 g/mol. The minimum absolute atomic E-state index is 0.00380. The number of hydrogen-bond donors (Lipinski definition) is 1. The molecule has 1 atom stereocenters. The van der Waals surface area contributed by atoms with Gasteiger partial charge < -0.3 is 23.9 Å². The molecule has 8 heteroatoms. The van der Waals surface area contributed by atoms with E-state index in [2.05, 4.69) is 6.92 Å². The van der Waals surface area contributed by atoms with Gasteiger partial charge >= 0.3 is 0 Å². The Bertz CT molecular complexity index is 1250. The predicted molar refractivity (Wildman–Crippen MR) is 131 cm³/mol. The van der Waals surface area contributed by atoms with Crippen molar-refractivity contribution in [1.82, 2.24) is 4.90 Å². The number of rotatable bonds is 10. The Balaban J connectivity index is 1.73. The van der Waals surface area contributed by atoms with Crippen molar-refractivity contribution >= 4 is 17.4 Å². The van der Waals surface area contributed by atoms with Gasteiger partial charge in [-0.3, -0.25) is 9.59 Å². The molecule has 0 spiro atoms. The molecule has 7 nitrogen and oxygen atoms in total. The molecule has 4 rings (SSSR count). The third kappa shape index (κ3) is 5.12. The number of amides is 1. The standard InChI is InChI=1S/C28H28FNO6/c1-3-4-5-14-35-20-11-8-18(9-12-20)25-24(26(31)19-10-13-23(34-2)22(29)16-19)27(32)28(33)30(25)17-21-7-6-15-36-21/h6-13,15-16,25,31H,3-5,14,17H2,1-2H3/b26-24-. The zero-order valence-electron chi connectivity index (χ0n) is 20.2. The number of aliphatic hydroxyl groups is 1. The highest BCUT2D eigenvalue weighted by Gasteiger charge is 2.46. The molecule has 0 radical (unpaired) electrons. The van der Waals surface area contributed by atoms with Crippen molar-refractivity contribution in [3.63, 3.8) is 0 Å². The first kappa shape index (κ1) is 25.0. The molecule has 1 fully saturated rings. The first-order valence-corrected chi connectivity index (χ1v) is 11.8. The van der Waals surface area contributed by atoms with Crippen molar-refractivity contribution in [1.29, 1.82) is 0 Å². The van der Waals surface area contributed by atoms with Crippen LogP contribution in [-0.4, -0.2) is 35.4 Å². The second kappa shape index (κ2) is 11.1. The zero-order valence-corrected chi connectivity index (χ0v) is 20.2. The highest BCUT2D eigenvalue weighted by atomic mass is 19.1. The van der Waals surface area contributed by atoms with Crippen LogP contribution < -0.4 is 9.47 Å². The molecule has 2 aromatic carbocycles. The number of methoxy groups -OCH3 is 1. The van der Waals surface area contributed by atoms with E-state index in [0.29, 0.717) is 23.7 Å². The number of hydrogen-bond acceptors (Lipinski definition) is 6. The summed E-state index contributed by atoms with van der Waals surface area (Å²) in [5.41, 5.74) is 0.523. The van der Waals surface area contributed by atoms with Gasteiger partial charge in [0.1, 0.15) is 17.3 Å². The van der Waals surface area contributed by atoms with Gasteiger partial charge in [0.15, 0.2) is 11.6 Å². The Morgan fingerprint density at radius 1 is 1.11 bits per heavy atom. The van der Waals surface area contributed by atoms with Gasteiger partial charge in [0.05, 0.1) is 38.1 Å². The lowest BCUT2D eigenvalue weighted by atomic mass is 9.95. The summed E-state index contributed by atoms with van der Waals surface area (Å²) < 4.78 is 30.5. The van der Waals surface area contributed by atoms with Crippen molar-refractivity contribution in [2.24, 2.45) is 0 Å². The summed E-state index contributed by atoms with van der Waals surface area (Å²) in [6, 6.07) is 13.4. The Hall–Kier alpha value is -4.07. The van der Waals surface area contributed by atoms with E-state index in [1.807, 2.05) is 0 Å².